The van der Waals surface area contributed by atoms with Crippen molar-refractivity contribution in [3.8, 4) is 6.07 Å². The molecular weight excluding hydrogens is 388 g/mol. The minimum absolute atomic E-state index is 0.0492. The first-order valence-electron chi connectivity index (χ1n) is 10.7. The number of nitrogens with one attached hydrogen (secondary N) is 2. The number of hydrogen-bond acceptors (Lipinski definition) is 5. The highest BCUT2D eigenvalue weighted by Crippen LogP contribution is 2.36. The second kappa shape index (κ2) is 9.24. The molecule has 0 spiro atoms. The molecular formula is C21H29N4O3S+. The van der Waals surface area contributed by atoms with E-state index in [9.17, 15) is 14.9 Å². The molecule has 3 heterocycles. The third kappa shape index (κ3) is 4.63. The fraction of sp³-hybridized carbons (Fsp3) is 0.667. The van der Waals surface area contributed by atoms with Gasteiger partial charge in [0.15, 0.2) is 6.54 Å². The lowest BCUT2D eigenvalue weighted by atomic mass is 10.1. The van der Waals surface area contributed by atoms with Crippen molar-refractivity contribution in [2.75, 3.05) is 44.6 Å². The van der Waals surface area contributed by atoms with Crippen LogP contribution in [-0.2, 0) is 27.2 Å². The van der Waals surface area contributed by atoms with Crippen LogP contribution in [0.1, 0.15) is 48.1 Å². The normalized spacial score (nSPS) is 22.6. The first-order valence-corrected chi connectivity index (χ1v) is 11.6. The van der Waals surface area contributed by atoms with Crippen molar-refractivity contribution in [2.45, 2.75) is 51.0 Å². The van der Waals surface area contributed by atoms with Gasteiger partial charge in [0.25, 0.3) is 11.8 Å². The summed E-state index contributed by atoms with van der Waals surface area (Å²) < 4.78 is 5.50. The lowest BCUT2D eigenvalue weighted by Gasteiger charge is -2.33. The van der Waals surface area contributed by atoms with Crippen LogP contribution in [-0.4, -0.2) is 62.1 Å². The van der Waals surface area contributed by atoms with E-state index in [1.807, 2.05) is 4.90 Å². The van der Waals surface area contributed by atoms with E-state index < -0.39 is 0 Å². The first kappa shape index (κ1) is 20.3. The fourth-order valence-electron chi connectivity index (χ4n) is 4.54. The zero-order valence-corrected chi connectivity index (χ0v) is 17.6. The van der Waals surface area contributed by atoms with Crippen LogP contribution >= 0.6 is 11.3 Å². The molecule has 0 radical (unpaired) electrons. The molecule has 3 aliphatic rings. The molecule has 0 bridgehead atoms. The second-order valence-corrected chi connectivity index (χ2v) is 9.29. The van der Waals surface area contributed by atoms with Crippen LogP contribution in [0.15, 0.2) is 0 Å². The molecule has 1 aliphatic carbocycles. The van der Waals surface area contributed by atoms with E-state index in [2.05, 4.69) is 11.4 Å². The quantitative estimate of drug-likeness (QED) is 0.708. The molecule has 156 valence electrons. The number of aryl methyl sites for hydroxylation is 1. The number of fused-ring (bicyclic) bond motifs is 1. The van der Waals surface area contributed by atoms with Crippen molar-refractivity contribution in [1.82, 2.24) is 4.90 Å². The lowest BCUT2D eigenvalue weighted by Crippen LogP contribution is -3.15. The van der Waals surface area contributed by atoms with Gasteiger partial charge in [-0.05, 0) is 44.1 Å². The average molecular weight is 418 g/mol. The number of quaternary nitrogens is 1. The van der Waals surface area contributed by atoms with Crippen LogP contribution in [0.25, 0.3) is 0 Å². The number of nitrogens with zero attached hydrogens (tertiary/aromatic N) is 2. The molecule has 0 unspecified atom stereocenters. The van der Waals surface area contributed by atoms with Gasteiger partial charge in [0.2, 0.25) is 0 Å². The number of amides is 2. The Morgan fingerprint density at radius 2 is 2.00 bits per heavy atom. The lowest BCUT2D eigenvalue weighted by molar-refractivity contribution is -0.895. The number of carbonyl (C=O) groups excluding carboxylic acids is 2. The average Bonchev–Trinajstić information content (AvgIpc) is 3.31. The number of nitriles is 1. The third-order valence-corrected chi connectivity index (χ3v) is 7.39. The van der Waals surface area contributed by atoms with E-state index in [0.29, 0.717) is 31.8 Å². The molecule has 4 rings (SSSR count). The molecule has 2 amide bonds. The smallest absolute Gasteiger partial charge is 0.280 e. The number of anilines is 1. The topological polar surface area (TPSA) is 86.9 Å². The maximum absolute atomic E-state index is 12.6. The monoisotopic (exact) mass is 417 g/mol. The van der Waals surface area contributed by atoms with Crippen molar-refractivity contribution in [3.05, 3.63) is 16.0 Å². The number of ether oxygens (including phenoxy) is 1. The largest absolute Gasteiger partial charge is 0.368 e. The standard InChI is InChI=1S/C21H28N4O3S/c22-13-16-15-5-2-1-3-7-18(15)29-20(16)23-19(26)14-24-8-10-25(11-9-24)21(27)17-6-4-12-28-17/h17H,1-12,14H2,(H,23,26)/p+1/t17-/m1/s1. The Morgan fingerprint density at radius 1 is 1.21 bits per heavy atom. The van der Waals surface area contributed by atoms with Crippen LogP contribution in [0.3, 0.4) is 0 Å². The summed E-state index contributed by atoms with van der Waals surface area (Å²) >= 11 is 1.58. The SMILES string of the molecule is N#Cc1c(NC(=O)C[NH+]2CCN(C(=O)[C@H]3CCCO3)CC2)sc2c1CCCCC2. The van der Waals surface area contributed by atoms with Crippen molar-refractivity contribution >= 4 is 28.2 Å². The van der Waals surface area contributed by atoms with Gasteiger partial charge in [-0.25, -0.2) is 0 Å². The summed E-state index contributed by atoms with van der Waals surface area (Å²) in [6.07, 6.45) is 6.94. The predicted octanol–water partition coefficient (Wildman–Crippen LogP) is 0.733. The molecule has 0 saturated carbocycles. The van der Waals surface area contributed by atoms with Crippen LogP contribution in [0.2, 0.25) is 0 Å². The molecule has 8 heteroatoms. The Kier molecular flexibility index (Phi) is 6.48. The van der Waals surface area contributed by atoms with Crippen molar-refractivity contribution in [1.29, 1.82) is 5.26 Å². The Hall–Kier alpha value is -1.95. The van der Waals surface area contributed by atoms with Crippen molar-refractivity contribution in [3.63, 3.8) is 0 Å². The van der Waals surface area contributed by atoms with E-state index in [-0.39, 0.29) is 17.9 Å². The number of thiophene rings is 1. The fourth-order valence-corrected chi connectivity index (χ4v) is 5.80. The minimum atomic E-state index is -0.265. The molecule has 1 aromatic heterocycles. The number of piperazine rings is 1. The Labute approximate surface area is 175 Å². The molecule has 2 saturated heterocycles. The molecule has 7 nitrogen and oxygen atoms in total. The van der Waals surface area contributed by atoms with E-state index in [0.717, 1.165) is 62.2 Å². The molecule has 2 N–H and O–H groups in total. The highest BCUT2D eigenvalue weighted by Gasteiger charge is 2.32. The van der Waals surface area contributed by atoms with E-state index in [4.69, 9.17) is 4.74 Å². The summed E-state index contributed by atoms with van der Waals surface area (Å²) in [6, 6.07) is 2.32. The zero-order chi connectivity index (χ0) is 20.2. The second-order valence-electron chi connectivity index (χ2n) is 8.18. The van der Waals surface area contributed by atoms with Gasteiger partial charge >= 0.3 is 0 Å². The predicted molar refractivity (Wildman–Crippen MR) is 110 cm³/mol. The number of hydrogen-bond donors (Lipinski definition) is 2. The molecule has 1 aromatic rings. The highest BCUT2D eigenvalue weighted by molar-refractivity contribution is 7.16. The summed E-state index contributed by atoms with van der Waals surface area (Å²) in [7, 11) is 0. The number of carbonyl (C=O) groups is 2. The van der Waals surface area contributed by atoms with E-state index in [1.165, 1.54) is 16.2 Å². The Bertz CT molecular complexity index is 802. The van der Waals surface area contributed by atoms with Gasteiger partial charge in [0, 0.05) is 11.5 Å². The minimum Gasteiger partial charge on any atom is -0.368 e. The summed E-state index contributed by atoms with van der Waals surface area (Å²) in [6.45, 7) is 3.90. The Balaban J connectivity index is 1.30. The summed E-state index contributed by atoms with van der Waals surface area (Å²) in [4.78, 5) is 29.4. The van der Waals surface area contributed by atoms with Crippen molar-refractivity contribution < 1.29 is 19.2 Å². The van der Waals surface area contributed by atoms with Gasteiger partial charge < -0.3 is 19.9 Å². The van der Waals surface area contributed by atoms with Crippen LogP contribution in [0.4, 0.5) is 5.00 Å². The molecule has 1 atom stereocenters. The van der Waals surface area contributed by atoms with Gasteiger partial charge in [-0.1, -0.05) is 6.42 Å². The van der Waals surface area contributed by atoms with Gasteiger partial charge in [0.1, 0.15) is 17.2 Å². The van der Waals surface area contributed by atoms with Gasteiger partial charge in [0.05, 0.1) is 31.7 Å². The molecule has 29 heavy (non-hydrogen) atoms. The van der Waals surface area contributed by atoms with Gasteiger partial charge in [-0.15, -0.1) is 11.3 Å². The highest BCUT2D eigenvalue weighted by atomic mass is 32.1. The maximum Gasteiger partial charge on any atom is 0.280 e. The van der Waals surface area contributed by atoms with Crippen molar-refractivity contribution in [2.24, 2.45) is 0 Å². The van der Waals surface area contributed by atoms with Crippen LogP contribution < -0.4 is 10.2 Å². The third-order valence-electron chi connectivity index (χ3n) is 6.18. The van der Waals surface area contributed by atoms with Crippen LogP contribution in [0.5, 0.6) is 0 Å². The summed E-state index contributed by atoms with van der Waals surface area (Å²) in [5.74, 6) is 0.0524. The van der Waals surface area contributed by atoms with Gasteiger partial charge in [-0.3, -0.25) is 9.59 Å². The van der Waals surface area contributed by atoms with Gasteiger partial charge in [-0.2, -0.15) is 5.26 Å². The van der Waals surface area contributed by atoms with Crippen LogP contribution in [0, 0.1) is 11.3 Å². The Morgan fingerprint density at radius 3 is 2.72 bits per heavy atom. The van der Waals surface area contributed by atoms with E-state index in [1.54, 1.807) is 11.3 Å². The zero-order valence-electron chi connectivity index (χ0n) is 16.8. The van der Waals surface area contributed by atoms with E-state index >= 15 is 0 Å². The molecule has 2 fully saturated rings. The maximum atomic E-state index is 12.6. The number of rotatable bonds is 4. The molecule has 2 aliphatic heterocycles. The molecule has 0 aromatic carbocycles. The first-order chi connectivity index (χ1) is 14.2. The summed E-state index contributed by atoms with van der Waals surface area (Å²) in [5.41, 5.74) is 1.82. The summed E-state index contributed by atoms with van der Waals surface area (Å²) in [5, 5.41) is 13.3.